The number of thioether (sulfide) groups is 1. The van der Waals surface area contributed by atoms with Gasteiger partial charge in [-0.05, 0) is 43.0 Å². The largest absolute Gasteiger partial charge is 0.325 e. The van der Waals surface area contributed by atoms with Crippen molar-refractivity contribution in [3.8, 4) is 0 Å². The third-order valence-corrected chi connectivity index (χ3v) is 8.87. The third kappa shape index (κ3) is 5.42. The molecule has 1 aromatic heterocycles. The second-order valence-corrected chi connectivity index (χ2v) is 11.9. The van der Waals surface area contributed by atoms with Gasteiger partial charge in [0.15, 0.2) is 15.0 Å². The van der Waals surface area contributed by atoms with Crippen molar-refractivity contribution in [2.45, 2.75) is 43.1 Å². The Morgan fingerprint density at radius 3 is 2.68 bits per heavy atom. The fourth-order valence-corrected chi connectivity index (χ4v) is 6.86. The fourth-order valence-electron chi connectivity index (χ4n) is 4.06. The van der Waals surface area contributed by atoms with Gasteiger partial charge in [-0.1, -0.05) is 60.3 Å². The number of nitrogens with zero attached hydrogens (tertiary/aromatic N) is 3. The van der Waals surface area contributed by atoms with Crippen LogP contribution < -0.4 is 5.32 Å². The Morgan fingerprint density at radius 2 is 2.00 bits per heavy atom. The molecular formula is C25H28N4O3S2. The predicted molar refractivity (Wildman–Crippen MR) is 136 cm³/mol. The Morgan fingerprint density at radius 1 is 1.24 bits per heavy atom. The first-order chi connectivity index (χ1) is 16.3. The van der Waals surface area contributed by atoms with Crippen molar-refractivity contribution in [3.63, 3.8) is 0 Å². The number of allylic oxidation sites excluding steroid dienone is 1. The number of carbonyl (C=O) groups excluding carboxylic acids is 1. The molecule has 0 unspecified atom stereocenters. The van der Waals surface area contributed by atoms with Crippen LogP contribution in [0.15, 0.2) is 66.3 Å². The first kappa shape index (κ1) is 24.2. The maximum atomic E-state index is 13.5. The van der Waals surface area contributed by atoms with E-state index in [0.29, 0.717) is 23.9 Å². The minimum atomic E-state index is -3.07. The summed E-state index contributed by atoms with van der Waals surface area (Å²) in [5.74, 6) is 0.493. The zero-order valence-electron chi connectivity index (χ0n) is 19.3. The van der Waals surface area contributed by atoms with Gasteiger partial charge in [0, 0.05) is 18.2 Å². The van der Waals surface area contributed by atoms with Crippen LogP contribution in [0.25, 0.3) is 0 Å². The number of nitrogens with one attached hydrogen (secondary N) is 1. The summed E-state index contributed by atoms with van der Waals surface area (Å²) in [7, 11) is -3.07. The monoisotopic (exact) mass is 496 g/mol. The average Bonchev–Trinajstić information content (AvgIpc) is 3.37. The van der Waals surface area contributed by atoms with Crippen molar-refractivity contribution in [3.05, 3.63) is 83.7 Å². The molecule has 0 bridgehead atoms. The zero-order valence-corrected chi connectivity index (χ0v) is 20.9. The van der Waals surface area contributed by atoms with E-state index < -0.39 is 15.1 Å². The first-order valence-corrected chi connectivity index (χ1v) is 13.8. The Hall–Kier alpha value is -2.91. The maximum absolute atomic E-state index is 13.5. The van der Waals surface area contributed by atoms with Crippen LogP contribution in [0.4, 0.5) is 5.69 Å². The van der Waals surface area contributed by atoms with Gasteiger partial charge in [-0.3, -0.25) is 4.79 Å². The number of amides is 1. The molecule has 0 saturated carbocycles. The lowest BCUT2D eigenvalue weighted by molar-refractivity contribution is -0.115. The summed E-state index contributed by atoms with van der Waals surface area (Å²) in [5.41, 5.74) is 3.66. The molecule has 4 rings (SSSR count). The van der Waals surface area contributed by atoms with Crippen molar-refractivity contribution in [1.82, 2.24) is 14.8 Å². The van der Waals surface area contributed by atoms with E-state index in [0.717, 1.165) is 22.4 Å². The normalized spacial score (nSPS) is 17.9. The highest BCUT2D eigenvalue weighted by Crippen LogP contribution is 2.38. The molecule has 178 valence electrons. The van der Waals surface area contributed by atoms with Gasteiger partial charge in [-0.2, -0.15) is 0 Å². The van der Waals surface area contributed by atoms with Gasteiger partial charge < -0.3 is 9.88 Å². The number of anilines is 1. The highest BCUT2D eigenvalue weighted by atomic mass is 32.2. The summed E-state index contributed by atoms with van der Waals surface area (Å²) in [4.78, 5) is 13.5. The molecule has 1 aliphatic heterocycles. The van der Waals surface area contributed by atoms with E-state index >= 15 is 0 Å². The minimum Gasteiger partial charge on any atom is -0.325 e. The Balaban J connectivity index is 1.66. The number of sulfone groups is 1. The van der Waals surface area contributed by atoms with Crippen molar-refractivity contribution in [2.24, 2.45) is 0 Å². The topological polar surface area (TPSA) is 93.9 Å². The molecule has 0 spiro atoms. The van der Waals surface area contributed by atoms with Gasteiger partial charge in [-0.25, -0.2) is 8.42 Å². The molecule has 1 amide bonds. The summed E-state index contributed by atoms with van der Waals surface area (Å²) < 4.78 is 25.9. The smallest absolute Gasteiger partial charge is 0.242 e. The number of aromatic nitrogens is 3. The molecule has 2 heterocycles. The number of carbonyl (C=O) groups is 1. The summed E-state index contributed by atoms with van der Waals surface area (Å²) >= 11 is 1.31. The van der Waals surface area contributed by atoms with Crippen LogP contribution in [0.3, 0.4) is 0 Å². The molecule has 1 fully saturated rings. The lowest BCUT2D eigenvalue weighted by atomic mass is 10.1. The van der Waals surface area contributed by atoms with E-state index in [-0.39, 0.29) is 23.3 Å². The van der Waals surface area contributed by atoms with Gasteiger partial charge in [0.25, 0.3) is 0 Å². The average molecular weight is 497 g/mol. The second-order valence-electron chi connectivity index (χ2n) is 8.56. The number of rotatable bonds is 8. The molecule has 3 aromatic rings. The van der Waals surface area contributed by atoms with E-state index in [2.05, 4.69) is 22.1 Å². The first-order valence-electron chi connectivity index (χ1n) is 11.1. The number of aryl methyl sites for hydroxylation is 2. The molecule has 1 saturated heterocycles. The molecular weight excluding hydrogens is 468 g/mol. The van der Waals surface area contributed by atoms with Crippen LogP contribution >= 0.6 is 11.8 Å². The summed E-state index contributed by atoms with van der Waals surface area (Å²) in [6, 6.07) is 15.5. The highest BCUT2D eigenvalue weighted by molar-refractivity contribution is 8.00. The molecule has 34 heavy (non-hydrogen) atoms. The fraction of sp³-hybridized carbons (Fsp3) is 0.320. The highest BCUT2D eigenvalue weighted by Gasteiger charge is 2.34. The van der Waals surface area contributed by atoms with Gasteiger partial charge in [0.1, 0.15) is 11.1 Å². The van der Waals surface area contributed by atoms with Crippen LogP contribution in [0.5, 0.6) is 0 Å². The Labute approximate surface area is 204 Å². The zero-order chi connectivity index (χ0) is 24.3. The molecule has 1 aliphatic rings. The number of hydrogen-bond acceptors (Lipinski definition) is 6. The lowest BCUT2D eigenvalue weighted by Crippen LogP contribution is -2.20. The Bertz CT molecular complexity index is 1300. The quantitative estimate of drug-likeness (QED) is 0.366. The van der Waals surface area contributed by atoms with E-state index in [1.807, 2.05) is 66.9 Å². The number of benzene rings is 2. The van der Waals surface area contributed by atoms with Crippen LogP contribution in [-0.4, -0.2) is 40.6 Å². The second kappa shape index (κ2) is 10.1. The van der Waals surface area contributed by atoms with Crippen LogP contribution in [0.2, 0.25) is 0 Å². The van der Waals surface area contributed by atoms with E-state index in [9.17, 15) is 13.2 Å². The van der Waals surface area contributed by atoms with Crippen LogP contribution in [0.1, 0.15) is 40.1 Å². The third-order valence-electron chi connectivity index (χ3n) is 5.87. The number of hydrogen-bond donors (Lipinski definition) is 1. The van der Waals surface area contributed by atoms with Crippen molar-refractivity contribution < 1.29 is 13.2 Å². The molecule has 2 atom stereocenters. The maximum Gasteiger partial charge on any atom is 0.242 e. The summed E-state index contributed by atoms with van der Waals surface area (Å²) in [5, 5.41) is 11.8. The van der Waals surface area contributed by atoms with Gasteiger partial charge in [-0.15, -0.1) is 16.8 Å². The van der Waals surface area contributed by atoms with E-state index in [1.165, 1.54) is 11.8 Å². The van der Waals surface area contributed by atoms with Crippen LogP contribution in [0, 0.1) is 13.8 Å². The molecule has 2 aromatic carbocycles. The van der Waals surface area contributed by atoms with Gasteiger partial charge >= 0.3 is 0 Å². The van der Waals surface area contributed by atoms with E-state index in [1.54, 1.807) is 6.08 Å². The van der Waals surface area contributed by atoms with Crippen molar-refractivity contribution >= 4 is 33.2 Å². The summed E-state index contributed by atoms with van der Waals surface area (Å²) in [6.45, 7) is 8.22. The molecule has 9 heteroatoms. The van der Waals surface area contributed by atoms with E-state index in [4.69, 9.17) is 0 Å². The standard InChI is InChI=1S/C25H28N4O3S2/c1-4-13-29-23(20-12-14-34(31,32)16-20)27-28-25(29)33-22(19-8-6-5-7-9-19)24(30)26-21-15-17(2)10-11-18(21)3/h4-11,15,20,22H,1,12-14,16H2,2-3H3,(H,26,30)/t20-,22+/m1/s1. The molecule has 0 radical (unpaired) electrons. The van der Waals surface area contributed by atoms with Gasteiger partial charge in [0.2, 0.25) is 5.91 Å². The SMILES string of the molecule is C=CCn1c(S[C@H](C(=O)Nc2cc(C)ccc2C)c2ccccc2)nnc1[C@@H]1CCS(=O)(=O)C1. The van der Waals surface area contributed by atoms with Crippen molar-refractivity contribution in [2.75, 3.05) is 16.8 Å². The van der Waals surface area contributed by atoms with Gasteiger partial charge in [0.05, 0.1) is 11.5 Å². The molecule has 0 aliphatic carbocycles. The summed E-state index contributed by atoms with van der Waals surface area (Å²) in [6.07, 6.45) is 2.26. The lowest BCUT2D eigenvalue weighted by Gasteiger charge is -2.19. The predicted octanol–water partition coefficient (Wildman–Crippen LogP) is 4.46. The Kier molecular flexibility index (Phi) is 7.23. The molecule has 1 N–H and O–H groups in total. The van der Waals surface area contributed by atoms with Crippen molar-refractivity contribution in [1.29, 1.82) is 0 Å². The minimum absolute atomic E-state index is 0.0716. The molecule has 7 nitrogen and oxygen atoms in total. The van der Waals surface area contributed by atoms with Crippen LogP contribution in [-0.2, 0) is 21.2 Å².